The van der Waals surface area contributed by atoms with Gasteiger partial charge in [0.25, 0.3) is 0 Å². The molecule has 0 aliphatic carbocycles. The molecule has 0 amide bonds. The van der Waals surface area contributed by atoms with Gasteiger partial charge in [-0.3, -0.25) is 4.79 Å². The molecule has 2 nitrogen and oxygen atoms in total. The Morgan fingerprint density at radius 2 is 1.54 bits per heavy atom. The molecule has 0 fully saturated rings. The van der Waals surface area contributed by atoms with Crippen LogP contribution in [0.5, 0.6) is 0 Å². The molecule has 24 heavy (non-hydrogen) atoms. The predicted molar refractivity (Wildman–Crippen MR) is 103 cm³/mol. The summed E-state index contributed by atoms with van der Waals surface area (Å²) in [4.78, 5) is 11.9. The first-order chi connectivity index (χ1) is 11.4. The van der Waals surface area contributed by atoms with Gasteiger partial charge in [-0.15, -0.1) is 0 Å². The van der Waals surface area contributed by atoms with Gasteiger partial charge in [0.05, 0.1) is 21.6 Å². The molecule has 0 heterocycles. The third-order valence-electron chi connectivity index (χ3n) is 5.30. The molecule has 0 spiro atoms. The highest BCUT2D eigenvalue weighted by Gasteiger charge is 2.32. The second kappa shape index (κ2) is 8.29. The normalized spacial score (nSPS) is 14.0. The number of esters is 1. The molecule has 128 valence electrons. The van der Waals surface area contributed by atoms with E-state index in [9.17, 15) is 4.79 Å². The second-order valence-electron chi connectivity index (χ2n) is 7.11. The molecule has 2 aromatic rings. The van der Waals surface area contributed by atoms with Crippen LogP contribution in [-0.2, 0) is 9.53 Å². The van der Waals surface area contributed by atoms with Crippen molar-refractivity contribution in [3.63, 3.8) is 0 Å². The van der Waals surface area contributed by atoms with Gasteiger partial charge in [-0.2, -0.15) is 0 Å². The van der Waals surface area contributed by atoms with Gasteiger partial charge >= 0.3 is 5.97 Å². The summed E-state index contributed by atoms with van der Waals surface area (Å²) >= 11 is 0. The smallest absolute Gasteiger partial charge is 0.306 e. The van der Waals surface area contributed by atoms with Gasteiger partial charge in [0.15, 0.2) is 0 Å². The van der Waals surface area contributed by atoms with Crippen LogP contribution >= 0.6 is 0 Å². The van der Waals surface area contributed by atoms with E-state index in [0.29, 0.717) is 12.0 Å². The Kier molecular flexibility index (Phi) is 6.38. The van der Waals surface area contributed by atoms with Crippen LogP contribution in [0.4, 0.5) is 0 Å². The Morgan fingerprint density at radius 3 is 2.08 bits per heavy atom. The molecular formula is C21H28O2Si. The van der Waals surface area contributed by atoms with Crippen molar-refractivity contribution in [2.45, 2.75) is 44.3 Å². The Bertz CT molecular complexity index is 637. The third kappa shape index (κ3) is 4.57. The van der Waals surface area contributed by atoms with Crippen molar-refractivity contribution in [2.75, 3.05) is 7.11 Å². The van der Waals surface area contributed by atoms with E-state index < -0.39 is 8.07 Å². The van der Waals surface area contributed by atoms with Gasteiger partial charge in [-0.05, 0) is 23.4 Å². The average Bonchev–Trinajstić information content (AvgIpc) is 2.62. The minimum absolute atomic E-state index is 0.129. The van der Waals surface area contributed by atoms with Gasteiger partial charge in [-0.25, -0.2) is 0 Å². The number of methoxy groups -OCH3 is 1. The molecule has 0 aliphatic heterocycles. The topological polar surface area (TPSA) is 26.3 Å². The molecule has 2 rings (SSSR count). The van der Waals surface area contributed by atoms with E-state index in [2.05, 4.69) is 62.5 Å². The zero-order valence-corrected chi connectivity index (χ0v) is 16.2. The van der Waals surface area contributed by atoms with Gasteiger partial charge in [-0.1, -0.05) is 85.9 Å². The highest BCUT2D eigenvalue weighted by atomic mass is 28.3. The molecule has 0 N–H and O–H groups in total. The fraction of sp³-hybridized carbons (Fsp3) is 0.381. The SMILES string of the molecule is COC(=O)C[C@H](C[C@H](C)[Si](C)(C)c1ccccc1)c1ccccc1. The Labute approximate surface area is 146 Å². The number of ether oxygens (including phenoxy) is 1. The lowest BCUT2D eigenvalue weighted by Gasteiger charge is -2.33. The lowest BCUT2D eigenvalue weighted by Crippen LogP contribution is -2.45. The maximum Gasteiger partial charge on any atom is 0.306 e. The van der Waals surface area contributed by atoms with Crippen LogP contribution in [-0.4, -0.2) is 21.2 Å². The zero-order valence-electron chi connectivity index (χ0n) is 15.2. The first-order valence-electron chi connectivity index (χ1n) is 8.62. The molecule has 0 unspecified atom stereocenters. The fourth-order valence-electron chi connectivity index (χ4n) is 3.22. The van der Waals surface area contributed by atoms with Gasteiger partial charge in [0, 0.05) is 0 Å². The predicted octanol–water partition coefficient (Wildman–Crippen LogP) is 4.73. The van der Waals surface area contributed by atoms with E-state index in [1.54, 1.807) is 0 Å². The molecule has 0 aromatic heterocycles. The molecular weight excluding hydrogens is 312 g/mol. The summed E-state index contributed by atoms with van der Waals surface area (Å²) in [5.41, 5.74) is 1.79. The van der Waals surface area contributed by atoms with Crippen molar-refractivity contribution >= 4 is 19.2 Å². The van der Waals surface area contributed by atoms with Crippen LogP contribution < -0.4 is 5.19 Å². The van der Waals surface area contributed by atoms with Gasteiger partial charge in [0.2, 0.25) is 0 Å². The quantitative estimate of drug-likeness (QED) is 0.538. The number of carbonyl (C=O) groups excluding carboxylic acids is 1. The monoisotopic (exact) mass is 340 g/mol. The standard InChI is InChI=1S/C21H28O2Si/c1-17(24(3,4)20-13-9-6-10-14-20)15-19(16-21(22)23-2)18-11-7-5-8-12-18/h5-14,17,19H,15-16H2,1-4H3/t17-,19-/m0/s1. The zero-order chi connectivity index (χ0) is 17.6. The van der Waals surface area contributed by atoms with E-state index in [1.807, 2.05) is 18.2 Å². The van der Waals surface area contributed by atoms with E-state index in [0.717, 1.165) is 6.42 Å². The Morgan fingerprint density at radius 1 is 1.00 bits per heavy atom. The summed E-state index contributed by atoms with van der Waals surface area (Å²) in [6.07, 6.45) is 1.46. The van der Waals surface area contributed by atoms with Crippen molar-refractivity contribution in [3.8, 4) is 0 Å². The maximum atomic E-state index is 11.9. The van der Waals surface area contributed by atoms with Crippen LogP contribution in [0.25, 0.3) is 0 Å². The maximum absolute atomic E-state index is 11.9. The molecule has 2 aromatic carbocycles. The first-order valence-corrected chi connectivity index (χ1v) is 11.7. The largest absolute Gasteiger partial charge is 0.469 e. The van der Waals surface area contributed by atoms with Gasteiger partial charge in [0.1, 0.15) is 0 Å². The second-order valence-corrected chi connectivity index (χ2v) is 12.1. The van der Waals surface area contributed by atoms with Crippen molar-refractivity contribution in [3.05, 3.63) is 66.2 Å². The highest BCUT2D eigenvalue weighted by molar-refractivity contribution is 6.90. The number of hydrogen-bond acceptors (Lipinski definition) is 2. The van der Waals surface area contributed by atoms with E-state index >= 15 is 0 Å². The van der Waals surface area contributed by atoms with Crippen molar-refractivity contribution < 1.29 is 9.53 Å². The molecule has 0 radical (unpaired) electrons. The number of hydrogen-bond donors (Lipinski definition) is 0. The fourth-order valence-corrected chi connectivity index (χ4v) is 5.71. The summed E-state index contributed by atoms with van der Waals surface area (Å²) in [7, 11) is -0.123. The molecule has 0 aliphatic rings. The minimum atomic E-state index is -1.59. The molecule has 0 saturated heterocycles. The summed E-state index contributed by atoms with van der Waals surface area (Å²) < 4.78 is 4.93. The highest BCUT2D eigenvalue weighted by Crippen LogP contribution is 2.35. The van der Waals surface area contributed by atoms with Crippen molar-refractivity contribution in [1.82, 2.24) is 0 Å². The summed E-state index contributed by atoms with van der Waals surface area (Å²) in [6.45, 7) is 7.19. The summed E-state index contributed by atoms with van der Waals surface area (Å²) in [6, 6.07) is 21.2. The van der Waals surface area contributed by atoms with E-state index in [-0.39, 0.29) is 11.9 Å². The van der Waals surface area contributed by atoms with Crippen molar-refractivity contribution in [2.24, 2.45) is 0 Å². The summed E-state index contributed by atoms with van der Waals surface area (Å²) in [5, 5.41) is 1.47. The van der Waals surface area contributed by atoms with Crippen LogP contribution in [0, 0.1) is 0 Å². The molecule has 3 heteroatoms. The third-order valence-corrected chi connectivity index (χ3v) is 9.82. The van der Waals surface area contributed by atoms with Crippen LogP contribution in [0.15, 0.2) is 60.7 Å². The van der Waals surface area contributed by atoms with Gasteiger partial charge < -0.3 is 4.74 Å². The Hall–Kier alpha value is -1.87. The van der Waals surface area contributed by atoms with E-state index in [4.69, 9.17) is 4.74 Å². The molecule has 0 saturated carbocycles. The summed E-state index contributed by atoms with van der Waals surface area (Å²) in [5.74, 6) is 0.0828. The van der Waals surface area contributed by atoms with Crippen LogP contribution in [0.3, 0.4) is 0 Å². The number of carbonyl (C=O) groups is 1. The van der Waals surface area contributed by atoms with Crippen LogP contribution in [0.1, 0.15) is 31.2 Å². The van der Waals surface area contributed by atoms with E-state index in [1.165, 1.54) is 17.9 Å². The number of benzene rings is 2. The van der Waals surface area contributed by atoms with Crippen LogP contribution in [0.2, 0.25) is 18.6 Å². The molecule has 2 atom stereocenters. The average molecular weight is 341 g/mol. The lowest BCUT2D eigenvalue weighted by molar-refractivity contribution is -0.141. The Balaban J connectivity index is 2.20. The van der Waals surface area contributed by atoms with Crippen molar-refractivity contribution in [1.29, 1.82) is 0 Å². The first kappa shape index (κ1) is 18.5. The number of rotatable bonds is 7. The lowest BCUT2D eigenvalue weighted by atomic mass is 9.91. The minimum Gasteiger partial charge on any atom is -0.469 e. The molecule has 0 bridgehead atoms.